The first kappa shape index (κ1) is 22.3. The molecule has 2 rings (SSSR count). The summed E-state index contributed by atoms with van der Waals surface area (Å²) in [4.78, 5) is 23.7. The Morgan fingerprint density at radius 3 is 2.21 bits per heavy atom. The number of para-hydroxylation sites is 1. The number of esters is 1. The maximum Gasteiger partial charge on any atom is 0.331 e. The molecule has 0 saturated heterocycles. The molecule has 0 saturated carbocycles. The summed E-state index contributed by atoms with van der Waals surface area (Å²) < 4.78 is 31.2. The van der Waals surface area contributed by atoms with Crippen LogP contribution in [0, 0.1) is 0 Å². The Morgan fingerprint density at radius 2 is 1.62 bits per heavy atom. The van der Waals surface area contributed by atoms with Crippen LogP contribution in [0.4, 0.5) is 5.69 Å². The van der Waals surface area contributed by atoms with Gasteiger partial charge in [-0.25, -0.2) is 13.2 Å². The average Bonchev–Trinajstić information content (AvgIpc) is 2.72. The van der Waals surface area contributed by atoms with Gasteiger partial charge in [0.15, 0.2) is 6.61 Å². The molecule has 8 heteroatoms. The van der Waals surface area contributed by atoms with Gasteiger partial charge >= 0.3 is 5.97 Å². The van der Waals surface area contributed by atoms with E-state index in [4.69, 9.17) is 4.74 Å². The van der Waals surface area contributed by atoms with Crippen LogP contribution in [0.3, 0.4) is 0 Å². The second-order valence-corrected chi connectivity index (χ2v) is 7.95. The third kappa shape index (κ3) is 6.55. The van der Waals surface area contributed by atoms with E-state index in [0.29, 0.717) is 24.3 Å². The van der Waals surface area contributed by atoms with Crippen molar-refractivity contribution in [3.63, 3.8) is 0 Å². The van der Waals surface area contributed by atoms with Gasteiger partial charge in [0, 0.05) is 24.9 Å². The van der Waals surface area contributed by atoms with Crippen molar-refractivity contribution in [2.45, 2.75) is 18.7 Å². The van der Waals surface area contributed by atoms with Crippen LogP contribution in [-0.2, 0) is 24.3 Å². The molecule has 154 valence electrons. The molecule has 0 spiro atoms. The minimum absolute atomic E-state index is 0.193. The minimum atomic E-state index is -3.52. The molecule has 0 radical (unpaired) electrons. The Hall–Kier alpha value is -2.97. The molecular weight excluding hydrogens is 392 g/mol. The highest BCUT2D eigenvalue weighted by molar-refractivity contribution is 7.89. The lowest BCUT2D eigenvalue weighted by atomic mass is 10.2. The second-order valence-electron chi connectivity index (χ2n) is 6.01. The van der Waals surface area contributed by atoms with Crippen LogP contribution in [0.2, 0.25) is 0 Å². The maximum absolute atomic E-state index is 12.4. The minimum Gasteiger partial charge on any atom is -0.452 e. The normalized spacial score (nSPS) is 11.6. The largest absolute Gasteiger partial charge is 0.452 e. The van der Waals surface area contributed by atoms with Crippen molar-refractivity contribution < 1.29 is 22.7 Å². The zero-order valence-electron chi connectivity index (χ0n) is 16.4. The number of rotatable bonds is 9. The summed E-state index contributed by atoms with van der Waals surface area (Å²) in [6.07, 6.45) is 2.68. The van der Waals surface area contributed by atoms with Crippen molar-refractivity contribution in [3.05, 3.63) is 66.2 Å². The van der Waals surface area contributed by atoms with Gasteiger partial charge in [0.1, 0.15) is 0 Å². The standard InChI is InChI=1S/C21H24N2O5S/c1-3-23(4-2)29(26,27)19-13-10-17(11-14-19)12-15-21(25)28-16-20(24)22-18-8-6-5-7-9-18/h5-15H,3-4,16H2,1-2H3,(H,22,24)/b15-12+. The topological polar surface area (TPSA) is 92.8 Å². The van der Waals surface area contributed by atoms with E-state index in [1.54, 1.807) is 50.2 Å². The molecule has 0 aliphatic rings. The number of hydrogen-bond acceptors (Lipinski definition) is 5. The molecule has 0 aromatic heterocycles. The fourth-order valence-electron chi connectivity index (χ4n) is 2.53. The number of nitrogens with one attached hydrogen (secondary N) is 1. The van der Waals surface area contributed by atoms with Gasteiger partial charge in [0.2, 0.25) is 10.0 Å². The van der Waals surface area contributed by atoms with Crippen molar-refractivity contribution in [2.24, 2.45) is 0 Å². The van der Waals surface area contributed by atoms with E-state index in [1.807, 2.05) is 6.07 Å². The van der Waals surface area contributed by atoms with Crippen LogP contribution >= 0.6 is 0 Å². The van der Waals surface area contributed by atoms with Crippen LogP contribution in [0.5, 0.6) is 0 Å². The van der Waals surface area contributed by atoms with E-state index >= 15 is 0 Å². The first-order valence-electron chi connectivity index (χ1n) is 9.16. The number of sulfonamides is 1. The Balaban J connectivity index is 1.89. The molecule has 0 aliphatic carbocycles. The zero-order valence-corrected chi connectivity index (χ0v) is 17.2. The van der Waals surface area contributed by atoms with Crippen molar-refractivity contribution >= 4 is 33.7 Å². The summed E-state index contributed by atoms with van der Waals surface area (Å²) in [7, 11) is -3.52. The second kappa shape index (κ2) is 10.5. The smallest absolute Gasteiger partial charge is 0.331 e. The average molecular weight is 416 g/mol. The molecule has 29 heavy (non-hydrogen) atoms. The van der Waals surface area contributed by atoms with Crippen molar-refractivity contribution in [3.8, 4) is 0 Å². The van der Waals surface area contributed by atoms with E-state index < -0.39 is 28.5 Å². The predicted molar refractivity (Wildman–Crippen MR) is 112 cm³/mol. The molecule has 0 fully saturated rings. The summed E-state index contributed by atoms with van der Waals surface area (Å²) in [5.41, 5.74) is 1.25. The van der Waals surface area contributed by atoms with Crippen LogP contribution in [-0.4, -0.2) is 44.3 Å². The number of ether oxygens (including phenoxy) is 1. The highest BCUT2D eigenvalue weighted by Gasteiger charge is 2.20. The van der Waals surface area contributed by atoms with E-state index in [1.165, 1.54) is 28.6 Å². The SMILES string of the molecule is CCN(CC)S(=O)(=O)c1ccc(/C=C/C(=O)OCC(=O)Nc2ccccc2)cc1. The van der Waals surface area contributed by atoms with E-state index in [-0.39, 0.29) is 4.90 Å². The molecule has 0 aliphatic heterocycles. The Kier molecular flexibility index (Phi) is 8.11. The lowest BCUT2D eigenvalue weighted by molar-refractivity contribution is -0.142. The molecule has 1 N–H and O–H groups in total. The van der Waals surface area contributed by atoms with E-state index in [0.717, 1.165) is 0 Å². The number of hydrogen-bond donors (Lipinski definition) is 1. The number of carbonyl (C=O) groups excluding carboxylic acids is 2. The van der Waals surface area contributed by atoms with Gasteiger partial charge in [0.25, 0.3) is 5.91 Å². The Morgan fingerprint density at radius 1 is 1.00 bits per heavy atom. The summed E-state index contributed by atoms with van der Waals surface area (Å²) in [5.74, 6) is -1.11. The van der Waals surface area contributed by atoms with Crippen molar-refractivity contribution in [1.82, 2.24) is 4.31 Å². The first-order valence-corrected chi connectivity index (χ1v) is 10.6. The summed E-state index contributed by atoms with van der Waals surface area (Å²) in [5, 5.41) is 2.61. The number of amides is 1. The summed E-state index contributed by atoms with van der Waals surface area (Å²) >= 11 is 0. The fourth-order valence-corrected chi connectivity index (χ4v) is 3.99. The number of anilines is 1. The van der Waals surface area contributed by atoms with Crippen molar-refractivity contribution in [1.29, 1.82) is 0 Å². The molecule has 0 heterocycles. The lowest BCUT2D eigenvalue weighted by Gasteiger charge is -2.18. The molecule has 1 amide bonds. The van der Waals surface area contributed by atoms with Crippen LogP contribution < -0.4 is 5.32 Å². The van der Waals surface area contributed by atoms with Gasteiger partial charge in [-0.05, 0) is 35.9 Å². The molecule has 7 nitrogen and oxygen atoms in total. The van der Waals surface area contributed by atoms with Gasteiger partial charge in [-0.15, -0.1) is 0 Å². The molecule has 0 bridgehead atoms. The molecule has 2 aromatic carbocycles. The Labute approximate surface area is 171 Å². The molecule has 0 unspecified atom stereocenters. The fraction of sp³-hybridized carbons (Fsp3) is 0.238. The van der Waals surface area contributed by atoms with Gasteiger partial charge in [-0.2, -0.15) is 4.31 Å². The number of nitrogens with zero attached hydrogens (tertiary/aromatic N) is 1. The van der Waals surface area contributed by atoms with E-state index in [2.05, 4.69) is 5.32 Å². The van der Waals surface area contributed by atoms with Crippen molar-refractivity contribution in [2.75, 3.05) is 25.0 Å². The molecule has 0 atom stereocenters. The lowest BCUT2D eigenvalue weighted by Crippen LogP contribution is -2.30. The quantitative estimate of drug-likeness (QED) is 0.501. The molecular formula is C21H24N2O5S. The number of benzene rings is 2. The third-order valence-corrected chi connectivity index (χ3v) is 6.10. The third-order valence-electron chi connectivity index (χ3n) is 4.04. The van der Waals surface area contributed by atoms with Crippen LogP contribution in [0.1, 0.15) is 19.4 Å². The summed E-state index contributed by atoms with van der Waals surface area (Å²) in [6, 6.07) is 15.0. The van der Waals surface area contributed by atoms with E-state index in [9.17, 15) is 18.0 Å². The van der Waals surface area contributed by atoms with Gasteiger partial charge in [-0.3, -0.25) is 4.79 Å². The Bertz CT molecular complexity index is 950. The first-order chi connectivity index (χ1) is 13.9. The monoisotopic (exact) mass is 416 g/mol. The van der Waals surface area contributed by atoms with Gasteiger partial charge in [0.05, 0.1) is 4.90 Å². The maximum atomic E-state index is 12.4. The van der Waals surface area contributed by atoms with Crippen LogP contribution in [0.25, 0.3) is 6.08 Å². The van der Waals surface area contributed by atoms with Gasteiger partial charge < -0.3 is 10.1 Å². The highest BCUT2D eigenvalue weighted by atomic mass is 32.2. The highest BCUT2D eigenvalue weighted by Crippen LogP contribution is 2.16. The van der Waals surface area contributed by atoms with Crippen LogP contribution in [0.15, 0.2) is 65.6 Å². The number of carbonyl (C=O) groups is 2. The zero-order chi connectivity index (χ0) is 21.3. The van der Waals surface area contributed by atoms with Gasteiger partial charge in [-0.1, -0.05) is 44.2 Å². The molecule has 2 aromatic rings. The summed E-state index contributed by atoms with van der Waals surface area (Å²) in [6.45, 7) is 3.95. The predicted octanol–water partition coefficient (Wildman–Crippen LogP) is 2.91.